The standard InChI is InChI=1S/C7H15NO/c1-7(9)4-2-3-5-8-6-7/h8-9H,2-6H2,1H3/t7-/m1/s1. The van der Waals surface area contributed by atoms with Crippen molar-refractivity contribution in [1.82, 2.24) is 5.32 Å². The van der Waals surface area contributed by atoms with E-state index in [1.165, 1.54) is 6.42 Å². The lowest BCUT2D eigenvalue weighted by molar-refractivity contribution is 0.0560. The summed E-state index contributed by atoms with van der Waals surface area (Å²) in [5, 5.41) is 12.7. The first-order chi connectivity index (χ1) is 4.21. The quantitative estimate of drug-likeness (QED) is 0.499. The van der Waals surface area contributed by atoms with Crippen molar-refractivity contribution in [2.75, 3.05) is 13.1 Å². The van der Waals surface area contributed by atoms with E-state index in [1.54, 1.807) is 0 Å². The SMILES string of the molecule is C[C@@]1(O)CCCCNC1. The Hall–Kier alpha value is -0.0800. The lowest BCUT2D eigenvalue weighted by Crippen LogP contribution is -2.35. The molecule has 0 aromatic heterocycles. The van der Waals surface area contributed by atoms with Gasteiger partial charge in [0.1, 0.15) is 0 Å². The molecule has 0 radical (unpaired) electrons. The molecule has 0 unspecified atom stereocenters. The minimum Gasteiger partial charge on any atom is -0.389 e. The Balaban J connectivity index is 2.36. The number of hydrogen-bond acceptors (Lipinski definition) is 2. The Morgan fingerprint density at radius 1 is 1.44 bits per heavy atom. The predicted molar refractivity (Wildman–Crippen MR) is 37.3 cm³/mol. The molecule has 2 N–H and O–H groups in total. The summed E-state index contributed by atoms with van der Waals surface area (Å²) in [6, 6.07) is 0. The van der Waals surface area contributed by atoms with Crippen molar-refractivity contribution in [3.8, 4) is 0 Å². The number of hydrogen-bond donors (Lipinski definition) is 2. The van der Waals surface area contributed by atoms with Gasteiger partial charge in [-0.3, -0.25) is 0 Å². The Morgan fingerprint density at radius 2 is 2.22 bits per heavy atom. The van der Waals surface area contributed by atoms with Crippen LogP contribution in [0.2, 0.25) is 0 Å². The largest absolute Gasteiger partial charge is 0.389 e. The summed E-state index contributed by atoms with van der Waals surface area (Å²) in [7, 11) is 0. The van der Waals surface area contributed by atoms with Gasteiger partial charge >= 0.3 is 0 Å². The smallest absolute Gasteiger partial charge is 0.0743 e. The van der Waals surface area contributed by atoms with E-state index in [2.05, 4.69) is 5.32 Å². The summed E-state index contributed by atoms with van der Waals surface area (Å²) < 4.78 is 0. The fourth-order valence-electron chi connectivity index (χ4n) is 1.20. The number of aliphatic hydroxyl groups is 1. The van der Waals surface area contributed by atoms with E-state index in [1.807, 2.05) is 6.92 Å². The second kappa shape index (κ2) is 2.67. The van der Waals surface area contributed by atoms with Crippen molar-refractivity contribution in [2.24, 2.45) is 0 Å². The maximum absolute atomic E-state index is 9.49. The van der Waals surface area contributed by atoms with Crippen molar-refractivity contribution >= 4 is 0 Å². The molecule has 0 bridgehead atoms. The van der Waals surface area contributed by atoms with Gasteiger partial charge in [-0.25, -0.2) is 0 Å². The molecule has 0 aromatic carbocycles. The highest BCUT2D eigenvalue weighted by atomic mass is 16.3. The van der Waals surface area contributed by atoms with Crippen molar-refractivity contribution in [2.45, 2.75) is 31.8 Å². The molecule has 0 aliphatic carbocycles. The molecule has 1 aliphatic rings. The van der Waals surface area contributed by atoms with E-state index in [-0.39, 0.29) is 0 Å². The number of nitrogens with one attached hydrogen (secondary N) is 1. The Kier molecular flexibility index (Phi) is 2.09. The third kappa shape index (κ3) is 2.33. The molecule has 1 heterocycles. The van der Waals surface area contributed by atoms with E-state index < -0.39 is 5.60 Å². The Morgan fingerprint density at radius 3 is 3.00 bits per heavy atom. The fourth-order valence-corrected chi connectivity index (χ4v) is 1.20. The van der Waals surface area contributed by atoms with Gasteiger partial charge in [0.15, 0.2) is 0 Å². The van der Waals surface area contributed by atoms with Gasteiger partial charge in [0, 0.05) is 6.54 Å². The second-order valence-corrected chi connectivity index (χ2v) is 3.13. The highest BCUT2D eigenvalue weighted by Gasteiger charge is 2.20. The highest BCUT2D eigenvalue weighted by Crippen LogP contribution is 2.14. The first-order valence-electron chi connectivity index (χ1n) is 3.64. The lowest BCUT2D eigenvalue weighted by Gasteiger charge is -2.19. The molecular formula is C7H15NO. The average molecular weight is 129 g/mol. The zero-order chi connectivity index (χ0) is 6.74. The van der Waals surface area contributed by atoms with Gasteiger partial charge in [0.25, 0.3) is 0 Å². The van der Waals surface area contributed by atoms with Crippen molar-refractivity contribution < 1.29 is 5.11 Å². The third-order valence-corrected chi connectivity index (χ3v) is 1.82. The van der Waals surface area contributed by atoms with Gasteiger partial charge in [0.2, 0.25) is 0 Å². The molecule has 1 atom stereocenters. The molecule has 9 heavy (non-hydrogen) atoms. The zero-order valence-electron chi connectivity index (χ0n) is 5.98. The van der Waals surface area contributed by atoms with Crippen LogP contribution in [0.25, 0.3) is 0 Å². The Labute approximate surface area is 56.3 Å². The Bertz CT molecular complexity index is 80.9. The van der Waals surface area contributed by atoms with Crippen LogP contribution in [0.4, 0.5) is 0 Å². The summed E-state index contributed by atoms with van der Waals surface area (Å²) in [4.78, 5) is 0. The van der Waals surface area contributed by atoms with Gasteiger partial charge in [-0.2, -0.15) is 0 Å². The normalized spacial score (nSPS) is 38.0. The van der Waals surface area contributed by atoms with E-state index in [0.717, 1.165) is 25.9 Å². The predicted octanol–water partition coefficient (Wildman–Crippen LogP) is 0.511. The molecule has 1 aliphatic heterocycles. The van der Waals surface area contributed by atoms with E-state index in [9.17, 15) is 5.11 Å². The first kappa shape index (κ1) is 7.03. The summed E-state index contributed by atoms with van der Waals surface area (Å²) >= 11 is 0. The molecule has 1 saturated heterocycles. The summed E-state index contributed by atoms with van der Waals surface area (Å²) in [5.74, 6) is 0. The molecule has 0 spiro atoms. The maximum Gasteiger partial charge on any atom is 0.0743 e. The molecule has 54 valence electrons. The average Bonchev–Trinajstić information content (AvgIpc) is 1.92. The van der Waals surface area contributed by atoms with Gasteiger partial charge in [-0.15, -0.1) is 0 Å². The van der Waals surface area contributed by atoms with Gasteiger partial charge in [-0.1, -0.05) is 0 Å². The number of rotatable bonds is 0. The van der Waals surface area contributed by atoms with Crippen LogP contribution in [0.1, 0.15) is 26.2 Å². The third-order valence-electron chi connectivity index (χ3n) is 1.82. The van der Waals surface area contributed by atoms with Crippen LogP contribution in [-0.4, -0.2) is 23.8 Å². The van der Waals surface area contributed by atoms with Crippen LogP contribution in [0, 0.1) is 0 Å². The minimum atomic E-state index is -0.448. The summed E-state index contributed by atoms with van der Waals surface area (Å²) in [6.45, 7) is 3.72. The van der Waals surface area contributed by atoms with Crippen LogP contribution >= 0.6 is 0 Å². The van der Waals surface area contributed by atoms with Crippen molar-refractivity contribution in [1.29, 1.82) is 0 Å². The van der Waals surface area contributed by atoms with Gasteiger partial charge in [-0.05, 0) is 32.7 Å². The minimum absolute atomic E-state index is 0.448. The van der Waals surface area contributed by atoms with E-state index in [0.29, 0.717) is 0 Å². The lowest BCUT2D eigenvalue weighted by atomic mass is 10.0. The molecule has 1 fully saturated rings. The molecule has 0 saturated carbocycles. The molecule has 1 rings (SSSR count). The summed E-state index contributed by atoms with van der Waals surface area (Å²) in [6.07, 6.45) is 3.30. The first-order valence-corrected chi connectivity index (χ1v) is 3.64. The molecule has 0 aromatic rings. The summed E-state index contributed by atoms with van der Waals surface area (Å²) in [5.41, 5.74) is -0.448. The molecule has 2 heteroatoms. The second-order valence-electron chi connectivity index (χ2n) is 3.13. The monoisotopic (exact) mass is 129 g/mol. The number of β-amino-alcohol motifs (C(OH)–C–C–N with tert-alkyl or cyclic N) is 1. The topological polar surface area (TPSA) is 32.3 Å². The molecule has 2 nitrogen and oxygen atoms in total. The molecular weight excluding hydrogens is 114 g/mol. The maximum atomic E-state index is 9.49. The van der Waals surface area contributed by atoms with E-state index >= 15 is 0 Å². The highest BCUT2D eigenvalue weighted by molar-refractivity contribution is 4.77. The van der Waals surface area contributed by atoms with Crippen LogP contribution in [0.15, 0.2) is 0 Å². The van der Waals surface area contributed by atoms with E-state index in [4.69, 9.17) is 0 Å². The van der Waals surface area contributed by atoms with Gasteiger partial charge < -0.3 is 10.4 Å². The van der Waals surface area contributed by atoms with Crippen molar-refractivity contribution in [3.63, 3.8) is 0 Å². The zero-order valence-corrected chi connectivity index (χ0v) is 5.98. The van der Waals surface area contributed by atoms with Crippen LogP contribution in [0.5, 0.6) is 0 Å². The fraction of sp³-hybridized carbons (Fsp3) is 1.00. The van der Waals surface area contributed by atoms with Gasteiger partial charge in [0.05, 0.1) is 5.60 Å². The molecule has 0 amide bonds. The van der Waals surface area contributed by atoms with Crippen LogP contribution < -0.4 is 5.32 Å². The van der Waals surface area contributed by atoms with Crippen LogP contribution in [-0.2, 0) is 0 Å². The van der Waals surface area contributed by atoms with Crippen molar-refractivity contribution in [3.05, 3.63) is 0 Å². The van der Waals surface area contributed by atoms with Crippen LogP contribution in [0.3, 0.4) is 0 Å².